The van der Waals surface area contributed by atoms with Gasteiger partial charge in [-0.1, -0.05) is 19.4 Å². The van der Waals surface area contributed by atoms with Crippen LogP contribution >= 0.6 is 0 Å². The Balaban J connectivity index is 2.03. The molecule has 14 heavy (non-hydrogen) atoms. The van der Waals surface area contributed by atoms with E-state index in [0.717, 1.165) is 5.69 Å². The first-order chi connectivity index (χ1) is 6.79. The third-order valence-corrected chi connectivity index (χ3v) is 3.30. The molecule has 0 aliphatic heterocycles. The monoisotopic (exact) mass is 191 g/mol. The molecule has 76 valence electrons. The highest BCUT2D eigenvalue weighted by atomic mass is 16.3. The molecular weight excluding hydrogens is 174 g/mol. The minimum absolute atomic E-state index is 0.168. The van der Waals surface area contributed by atoms with Gasteiger partial charge in [-0.25, -0.2) is 0 Å². The second-order valence-corrected chi connectivity index (χ2v) is 4.22. The predicted octanol–water partition coefficient (Wildman–Crippen LogP) is 2.35. The molecule has 0 spiro atoms. The molecule has 1 fully saturated rings. The average Bonchev–Trinajstić information content (AvgIpc) is 2.15. The fourth-order valence-corrected chi connectivity index (χ4v) is 2.01. The summed E-state index contributed by atoms with van der Waals surface area (Å²) in [5.74, 6) is 0.675. The molecule has 0 aromatic carbocycles. The fourth-order valence-electron chi connectivity index (χ4n) is 2.01. The number of pyridine rings is 1. The van der Waals surface area contributed by atoms with Crippen LogP contribution in [0.25, 0.3) is 0 Å². The maximum atomic E-state index is 10.1. The summed E-state index contributed by atoms with van der Waals surface area (Å²) in [7, 11) is 0. The molecule has 0 saturated heterocycles. The van der Waals surface area contributed by atoms with Crippen LogP contribution in [0, 0.1) is 5.92 Å². The fraction of sp³-hybridized carbons (Fsp3) is 0.583. The summed E-state index contributed by atoms with van der Waals surface area (Å²) in [4.78, 5) is 4.28. The van der Waals surface area contributed by atoms with E-state index in [0.29, 0.717) is 5.92 Å². The molecule has 2 heteroatoms. The molecule has 2 atom stereocenters. The van der Waals surface area contributed by atoms with Crippen molar-refractivity contribution in [1.82, 2.24) is 4.98 Å². The number of hydrogen-bond donors (Lipinski definition) is 1. The van der Waals surface area contributed by atoms with Crippen molar-refractivity contribution < 1.29 is 5.11 Å². The lowest BCUT2D eigenvalue weighted by Crippen LogP contribution is -2.31. The molecule has 1 saturated carbocycles. The van der Waals surface area contributed by atoms with Crippen LogP contribution in [0.4, 0.5) is 0 Å². The van der Waals surface area contributed by atoms with E-state index in [4.69, 9.17) is 0 Å². The maximum absolute atomic E-state index is 10.1. The number of nitrogens with zero attached hydrogens (tertiary/aromatic N) is 1. The number of rotatable bonds is 3. The van der Waals surface area contributed by atoms with Gasteiger partial charge in [0, 0.05) is 17.8 Å². The van der Waals surface area contributed by atoms with Crippen LogP contribution in [0.15, 0.2) is 24.4 Å². The summed E-state index contributed by atoms with van der Waals surface area (Å²) in [5, 5.41) is 10.1. The molecule has 1 aliphatic rings. The molecule has 2 nitrogen and oxygen atoms in total. The van der Waals surface area contributed by atoms with Crippen molar-refractivity contribution in [2.45, 2.75) is 38.2 Å². The molecule has 1 aromatic heterocycles. The predicted molar refractivity (Wildman–Crippen MR) is 56.0 cm³/mol. The van der Waals surface area contributed by atoms with E-state index < -0.39 is 0 Å². The Labute approximate surface area is 85.0 Å². The smallest absolute Gasteiger partial charge is 0.0649 e. The highest BCUT2D eigenvalue weighted by Crippen LogP contribution is 2.35. The minimum Gasteiger partial charge on any atom is -0.392 e. The number of hydrogen-bond acceptors (Lipinski definition) is 2. The largest absolute Gasteiger partial charge is 0.392 e. The summed E-state index contributed by atoms with van der Waals surface area (Å²) in [6, 6.07) is 5.88. The Morgan fingerprint density at radius 1 is 1.43 bits per heavy atom. The van der Waals surface area contributed by atoms with Crippen molar-refractivity contribution in [3.8, 4) is 0 Å². The summed E-state index contributed by atoms with van der Waals surface area (Å²) in [6.07, 6.45) is 5.21. The van der Waals surface area contributed by atoms with Gasteiger partial charge in [0.2, 0.25) is 0 Å². The molecule has 2 unspecified atom stereocenters. The van der Waals surface area contributed by atoms with Crippen LogP contribution < -0.4 is 0 Å². The molecule has 1 aromatic rings. The SMILES string of the molecule is CC(c1ccccn1)C(O)C1CCC1. The normalized spacial score (nSPS) is 21.3. The quantitative estimate of drug-likeness (QED) is 0.795. The molecule has 0 amide bonds. The summed E-state index contributed by atoms with van der Waals surface area (Å²) in [6.45, 7) is 2.06. The molecule has 1 N–H and O–H groups in total. The van der Waals surface area contributed by atoms with Crippen LogP contribution in [0.1, 0.15) is 37.8 Å². The van der Waals surface area contributed by atoms with Gasteiger partial charge in [0.15, 0.2) is 0 Å². The first-order valence-corrected chi connectivity index (χ1v) is 5.38. The number of aromatic nitrogens is 1. The first-order valence-electron chi connectivity index (χ1n) is 5.38. The zero-order valence-corrected chi connectivity index (χ0v) is 8.56. The molecule has 0 bridgehead atoms. The van der Waals surface area contributed by atoms with Gasteiger partial charge < -0.3 is 5.11 Å². The van der Waals surface area contributed by atoms with Crippen molar-refractivity contribution >= 4 is 0 Å². The van der Waals surface area contributed by atoms with E-state index >= 15 is 0 Å². The lowest BCUT2D eigenvalue weighted by Gasteiger charge is -2.33. The lowest BCUT2D eigenvalue weighted by atomic mass is 9.76. The van der Waals surface area contributed by atoms with Crippen LogP contribution in [-0.4, -0.2) is 16.2 Å². The van der Waals surface area contributed by atoms with Crippen LogP contribution in [0.3, 0.4) is 0 Å². The number of aliphatic hydroxyl groups excluding tert-OH is 1. The van der Waals surface area contributed by atoms with Gasteiger partial charge in [0.05, 0.1) is 6.10 Å². The van der Waals surface area contributed by atoms with Gasteiger partial charge in [0.1, 0.15) is 0 Å². The summed E-state index contributed by atoms with van der Waals surface area (Å²) >= 11 is 0. The topological polar surface area (TPSA) is 33.1 Å². The third kappa shape index (κ3) is 1.80. The van der Waals surface area contributed by atoms with Crippen molar-refractivity contribution in [3.63, 3.8) is 0 Å². The first kappa shape index (κ1) is 9.66. The second kappa shape index (κ2) is 4.09. The van der Waals surface area contributed by atoms with Crippen molar-refractivity contribution in [2.24, 2.45) is 5.92 Å². The van der Waals surface area contributed by atoms with Crippen LogP contribution in [0.5, 0.6) is 0 Å². The molecule has 1 aliphatic carbocycles. The standard InChI is InChI=1S/C12H17NO/c1-9(11-7-2-3-8-13-11)12(14)10-5-4-6-10/h2-3,7-10,12,14H,4-6H2,1H3. The highest BCUT2D eigenvalue weighted by Gasteiger charge is 2.30. The van der Waals surface area contributed by atoms with Crippen molar-refractivity contribution in [2.75, 3.05) is 0 Å². The molecule has 1 heterocycles. The van der Waals surface area contributed by atoms with Gasteiger partial charge in [-0.15, -0.1) is 0 Å². The van der Waals surface area contributed by atoms with E-state index in [9.17, 15) is 5.11 Å². The van der Waals surface area contributed by atoms with E-state index in [1.165, 1.54) is 19.3 Å². The Morgan fingerprint density at radius 3 is 2.71 bits per heavy atom. The van der Waals surface area contributed by atoms with Crippen LogP contribution in [0.2, 0.25) is 0 Å². The van der Waals surface area contributed by atoms with Gasteiger partial charge in [-0.2, -0.15) is 0 Å². The van der Waals surface area contributed by atoms with Gasteiger partial charge in [0.25, 0.3) is 0 Å². The maximum Gasteiger partial charge on any atom is 0.0649 e. The molecule has 0 radical (unpaired) electrons. The number of aliphatic hydroxyl groups is 1. The van der Waals surface area contributed by atoms with Crippen molar-refractivity contribution in [3.05, 3.63) is 30.1 Å². The van der Waals surface area contributed by atoms with E-state index in [-0.39, 0.29) is 12.0 Å². The van der Waals surface area contributed by atoms with Gasteiger partial charge in [-0.3, -0.25) is 4.98 Å². The van der Waals surface area contributed by atoms with Crippen LogP contribution in [-0.2, 0) is 0 Å². The summed E-state index contributed by atoms with van der Waals surface area (Å²) in [5.41, 5.74) is 1.01. The summed E-state index contributed by atoms with van der Waals surface area (Å²) < 4.78 is 0. The molecular formula is C12H17NO. The van der Waals surface area contributed by atoms with Crippen molar-refractivity contribution in [1.29, 1.82) is 0 Å². The van der Waals surface area contributed by atoms with Gasteiger partial charge >= 0.3 is 0 Å². The zero-order valence-electron chi connectivity index (χ0n) is 8.56. The van der Waals surface area contributed by atoms with E-state index in [1.54, 1.807) is 6.20 Å². The molecule has 2 rings (SSSR count). The Hall–Kier alpha value is -0.890. The Morgan fingerprint density at radius 2 is 2.21 bits per heavy atom. The Bertz CT molecular complexity index is 282. The Kier molecular flexibility index (Phi) is 2.82. The average molecular weight is 191 g/mol. The lowest BCUT2D eigenvalue weighted by molar-refractivity contribution is 0.0435. The highest BCUT2D eigenvalue weighted by molar-refractivity contribution is 5.10. The zero-order chi connectivity index (χ0) is 9.97. The van der Waals surface area contributed by atoms with E-state index in [2.05, 4.69) is 11.9 Å². The van der Waals surface area contributed by atoms with Gasteiger partial charge in [-0.05, 0) is 30.9 Å². The second-order valence-electron chi connectivity index (χ2n) is 4.22. The third-order valence-electron chi connectivity index (χ3n) is 3.30. The minimum atomic E-state index is -0.210. The van der Waals surface area contributed by atoms with E-state index in [1.807, 2.05) is 18.2 Å².